The summed E-state index contributed by atoms with van der Waals surface area (Å²) in [5.74, 6) is 2.15. The van der Waals surface area contributed by atoms with E-state index in [1.54, 1.807) is 0 Å². The van der Waals surface area contributed by atoms with Gasteiger partial charge >= 0.3 is 5.97 Å². The van der Waals surface area contributed by atoms with Crippen LogP contribution < -0.4 is 4.74 Å². The fourth-order valence-corrected chi connectivity index (χ4v) is 5.58. The summed E-state index contributed by atoms with van der Waals surface area (Å²) in [5.41, 5.74) is 3.89. The molecule has 0 amide bonds. The van der Waals surface area contributed by atoms with E-state index in [1.165, 1.54) is 101 Å². The quantitative estimate of drug-likeness (QED) is 0.145. The molecule has 0 aromatic heterocycles. The Balaban J connectivity index is 1.34. The Kier molecular flexibility index (Phi) is 12.4. The SMILES string of the molecule is CCCCCCCCCCCC1CCC(c2ccc(-c3ccc(OC(=O)CCC)cc3)cc2)CC1. The molecule has 0 unspecified atom stereocenters. The molecule has 3 rings (SSSR count). The van der Waals surface area contributed by atoms with Gasteiger partial charge in [0, 0.05) is 6.42 Å². The summed E-state index contributed by atoms with van der Waals surface area (Å²) in [5, 5.41) is 0. The lowest BCUT2D eigenvalue weighted by Gasteiger charge is -2.29. The number of unbranched alkanes of at least 4 members (excludes halogenated alkanes) is 8. The minimum Gasteiger partial charge on any atom is -0.427 e. The Labute approximate surface area is 214 Å². The van der Waals surface area contributed by atoms with Crippen LogP contribution in [0.5, 0.6) is 5.75 Å². The van der Waals surface area contributed by atoms with Crippen molar-refractivity contribution in [1.82, 2.24) is 0 Å². The van der Waals surface area contributed by atoms with E-state index in [-0.39, 0.29) is 5.97 Å². The summed E-state index contributed by atoms with van der Waals surface area (Å²) in [7, 11) is 0. The first-order valence-electron chi connectivity index (χ1n) is 14.6. The number of carbonyl (C=O) groups is 1. The number of rotatable bonds is 15. The zero-order chi connectivity index (χ0) is 24.7. The van der Waals surface area contributed by atoms with Gasteiger partial charge in [0.05, 0.1) is 0 Å². The number of hydrogen-bond donors (Lipinski definition) is 0. The van der Waals surface area contributed by atoms with E-state index in [1.807, 2.05) is 31.2 Å². The second kappa shape index (κ2) is 15.8. The first kappa shape index (κ1) is 27.5. The van der Waals surface area contributed by atoms with Crippen LogP contribution in [0.2, 0.25) is 0 Å². The molecule has 0 aliphatic heterocycles. The molecule has 1 aliphatic rings. The molecule has 1 fully saturated rings. The van der Waals surface area contributed by atoms with Crippen LogP contribution in [0.4, 0.5) is 0 Å². The molecule has 0 saturated heterocycles. The minimum atomic E-state index is -0.160. The molecule has 0 atom stereocenters. The monoisotopic (exact) mass is 476 g/mol. The number of carbonyl (C=O) groups excluding carboxylic acids is 1. The summed E-state index contributed by atoms with van der Waals surface area (Å²) < 4.78 is 5.37. The van der Waals surface area contributed by atoms with Gasteiger partial charge in [-0.2, -0.15) is 0 Å². The van der Waals surface area contributed by atoms with E-state index < -0.39 is 0 Å². The van der Waals surface area contributed by atoms with E-state index in [4.69, 9.17) is 4.74 Å². The fraction of sp³-hybridized carbons (Fsp3) is 0.606. The molecule has 2 nitrogen and oxygen atoms in total. The van der Waals surface area contributed by atoms with Crippen molar-refractivity contribution in [3.8, 4) is 16.9 Å². The Morgan fingerprint density at radius 2 is 1.23 bits per heavy atom. The zero-order valence-electron chi connectivity index (χ0n) is 22.4. The maximum atomic E-state index is 11.7. The largest absolute Gasteiger partial charge is 0.427 e. The molecule has 0 spiro atoms. The van der Waals surface area contributed by atoms with Gasteiger partial charge in [0.15, 0.2) is 0 Å². The van der Waals surface area contributed by atoms with Crippen molar-refractivity contribution in [1.29, 1.82) is 0 Å². The topological polar surface area (TPSA) is 26.3 Å². The van der Waals surface area contributed by atoms with Crippen LogP contribution in [0.25, 0.3) is 11.1 Å². The van der Waals surface area contributed by atoms with E-state index in [0.29, 0.717) is 12.2 Å². The molecule has 0 N–H and O–H groups in total. The van der Waals surface area contributed by atoms with E-state index in [0.717, 1.165) is 23.8 Å². The lowest BCUT2D eigenvalue weighted by Crippen LogP contribution is -2.13. The maximum Gasteiger partial charge on any atom is 0.311 e. The maximum absolute atomic E-state index is 11.7. The Morgan fingerprint density at radius 3 is 1.80 bits per heavy atom. The molecule has 2 heteroatoms. The van der Waals surface area contributed by atoms with Crippen molar-refractivity contribution in [3.05, 3.63) is 54.1 Å². The van der Waals surface area contributed by atoms with Gasteiger partial charge < -0.3 is 4.74 Å². The standard InChI is InChI=1S/C33H48O2/c1-3-5-6-7-8-9-10-11-12-14-27-15-17-28(18-16-27)29-19-21-30(22-20-29)31-23-25-32(26-24-31)35-33(34)13-4-2/h19-28H,3-18H2,1-2H3. The van der Waals surface area contributed by atoms with Crippen LogP contribution in [-0.4, -0.2) is 5.97 Å². The van der Waals surface area contributed by atoms with Crippen molar-refractivity contribution in [3.63, 3.8) is 0 Å². The zero-order valence-corrected chi connectivity index (χ0v) is 22.4. The summed E-state index contributed by atoms with van der Waals surface area (Å²) >= 11 is 0. The molecular formula is C33H48O2. The molecule has 192 valence electrons. The van der Waals surface area contributed by atoms with Crippen LogP contribution in [0.3, 0.4) is 0 Å². The highest BCUT2D eigenvalue weighted by atomic mass is 16.5. The Morgan fingerprint density at radius 1 is 0.686 bits per heavy atom. The molecule has 1 saturated carbocycles. The van der Waals surface area contributed by atoms with Crippen LogP contribution >= 0.6 is 0 Å². The van der Waals surface area contributed by atoms with Crippen molar-refractivity contribution < 1.29 is 9.53 Å². The van der Waals surface area contributed by atoms with Gasteiger partial charge in [-0.05, 0) is 72.8 Å². The first-order chi connectivity index (χ1) is 17.2. The van der Waals surface area contributed by atoms with Crippen LogP contribution in [-0.2, 0) is 4.79 Å². The van der Waals surface area contributed by atoms with E-state index >= 15 is 0 Å². The van der Waals surface area contributed by atoms with Crippen molar-refractivity contribution in [2.75, 3.05) is 0 Å². The van der Waals surface area contributed by atoms with Crippen molar-refractivity contribution in [2.24, 2.45) is 5.92 Å². The van der Waals surface area contributed by atoms with Crippen molar-refractivity contribution in [2.45, 2.75) is 122 Å². The molecule has 0 heterocycles. The first-order valence-corrected chi connectivity index (χ1v) is 14.6. The second-order valence-electron chi connectivity index (χ2n) is 10.7. The number of hydrogen-bond acceptors (Lipinski definition) is 2. The summed E-state index contributed by atoms with van der Waals surface area (Å²) in [6.07, 6.45) is 21.1. The second-order valence-corrected chi connectivity index (χ2v) is 10.7. The smallest absolute Gasteiger partial charge is 0.311 e. The predicted molar refractivity (Wildman–Crippen MR) is 149 cm³/mol. The van der Waals surface area contributed by atoms with Crippen LogP contribution in [0, 0.1) is 5.92 Å². The fourth-order valence-electron chi connectivity index (χ4n) is 5.58. The highest BCUT2D eigenvalue weighted by Gasteiger charge is 2.22. The van der Waals surface area contributed by atoms with Gasteiger partial charge in [0.1, 0.15) is 5.75 Å². The van der Waals surface area contributed by atoms with Gasteiger partial charge in [-0.1, -0.05) is 114 Å². The summed E-state index contributed by atoms with van der Waals surface area (Å²) in [6.45, 7) is 4.28. The highest BCUT2D eigenvalue weighted by Crippen LogP contribution is 2.38. The minimum absolute atomic E-state index is 0.160. The molecule has 0 bridgehead atoms. The van der Waals surface area contributed by atoms with Gasteiger partial charge in [0.25, 0.3) is 0 Å². The van der Waals surface area contributed by atoms with Crippen LogP contribution in [0.1, 0.15) is 128 Å². The third kappa shape index (κ3) is 9.82. The Hall–Kier alpha value is -2.09. The molecule has 0 radical (unpaired) electrons. The van der Waals surface area contributed by atoms with Gasteiger partial charge in [-0.3, -0.25) is 4.79 Å². The normalized spacial score (nSPS) is 17.9. The van der Waals surface area contributed by atoms with Crippen LogP contribution in [0.15, 0.2) is 48.5 Å². The molecule has 2 aromatic rings. The average Bonchev–Trinajstić information content (AvgIpc) is 2.89. The number of ether oxygens (including phenoxy) is 1. The summed E-state index contributed by atoms with van der Waals surface area (Å²) in [4.78, 5) is 11.7. The van der Waals surface area contributed by atoms with Gasteiger partial charge in [0.2, 0.25) is 0 Å². The number of benzene rings is 2. The lowest BCUT2D eigenvalue weighted by molar-refractivity contribution is -0.134. The third-order valence-corrected chi connectivity index (χ3v) is 7.82. The van der Waals surface area contributed by atoms with Gasteiger partial charge in [-0.15, -0.1) is 0 Å². The molecular weight excluding hydrogens is 428 g/mol. The third-order valence-electron chi connectivity index (χ3n) is 7.82. The Bertz CT molecular complexity index is 828. The molecule has 2 aromatic carbocycles. The number of esters is 1. The molecule has 1 aliphatic carbocycles. The lowest BCUT2D eigenvalue weighted by atomic mass is 9.77. The van der Waals surface area contributed by atoms with E-state index in [9.17, 15) is 4.79 Å². The molecule has 35 heavy (non-hydrogen) atoms. The highest BCUT2D eigenvalue weighted by molar-refractivity contribution is 5.73. The van der Waals surface area contributed by atoms with E-state index in [2.05, 4.69) is 31.2 Å². The summed E-state index contributed by atoms with van der Waals surface area (Å²) in [6, 6.07) is 17.0. The van der Waals surface area contributed by atoms with Crippen molar-refractivity contribution >= 4 is 5.97 Å². The van der Waals surface area contributed by atoms with Gasteiger partial charge in [-0.25, -0.2) is 0 Å². The average molecular weight is 477 g/mol. The predicted octanol–water partition coefficient (Wildman–Crippen LogP) is 10.3.